The van der Waals surface area contributed by atoms with Crippen molar-refractivity contribution in [1.29, 1.82) is 0 Å². The molecule has 0 bridgehead atoms. The largest absolute Gasteiger partial charge is 0.465 e. The fraction of sp³-hybridized carbons (Fsp3) is 0.240. The van der Waals surface area contributed by atoms with Crippen molar-refractivity contribution >= 4 is 33.1 Å². The van der Waals surface area contributed by atoms with Gasteiger partial charge in [0, 0.05) is 30.6 Å². The Bertz CT molecular complexity index is 1470. The average molecular weight is 492 g/mol. The van der Waals surface area contributed by atoms with Crippen LogP contribution >= 0.6 is 0 Å². The number of hydrogen-bond donors (Lipinski definition) is 2. The van der Waals surface area contributed by atoms with Gasteiger partial charge in [0.25, 0.3) is 0 Å². The molecule has 1 fully saturated rings. The Kier molecular flexibility index (Phi) is 5.89. The van der Waals surface area contributed by atoms with E-state index in [1.54, 1.807) is 35.0 Å². The zero-order valence-electron chi connectivity index (χ0n) is 19.1. The summed E-state index contributed by atoms with van der Waals surface area (Å²) in [5.74, 6) is 0.786. The molecule has 1 amide bonds. The summed E-state index contributed by atoms with van der Waals surface area (Å²) in [5.41, 5.74) is 4.54. The van der Waals surface area contributed by atoms with Crippen LogP contribution in [0.2, 0.25) is 0 Å². The van der Waals surface area contributed by atoms with E-state index in [0.717, 1.165) is 35.3 Å². The van der Waals surface area contributed by atoms with Gasteiger partial charge in [-0.15, -0.1) is 5.10 Å². The molecule has 5 rings (SSSR count). The molecule has 180 valence electrons. The van der Waals surface area contributed by atoms with Gasteiger partial charge < -0.3 is 15.3 Å². The van der Waals surface area contributed by atoms with Crippen molar-refractivity contribution in [3.63, 3.8) is 0 Å². The van der Waals surface area contributed by atoms with E-state index < -0.39 is 15.9 Å². The molecule has 0 aliphatic carbocycles. The van der Waals surface area contributed by atoms with Crippen LogP contribution in [0.15, 0.2) is 71.8 Å². The molecule has 1 saturated heterocycles. The Morgan fingerprint density at radius 2 is 1.69 bits per heavy atom. The number of nitrogens with zero attached hydrogens (tertiary/aromatic N) is 4. The minimum atomic E-state index is -3.26. The van der Waals surface area contributed by atoms with Gasteiger partial charge in [0.15, 0.2) is 9.84 Å². The summed E-state index contributed by atoms with van der Waals surface area (Å²) < 4.78 is 25.3. The summed E-state index contributed by atoms with van der Waals surface area (Å²) in [6, 6.07) is 18.6. The van der Waals surface area contributed by atoms with Gasteiger partial charge in [-0.1, -0.05) is 24.3 Å². The predicted molar refractivity (Wildman–Crippen MR) is 133 cm³/mol. The molecule has 0 spiro atoms. The van der Waals surface area contributed by atoms with Gasteiger partial charge in [-0.2, -0.15) is 0 Å². The molecular formula is C25H25N5O4S. The molecule has 1 aliphatic rings. The Hall–Kier alpha value is -3.92. The zero-order chi connectivity index (χ0) is 24.6. The third kappa shape index (κ3) is 4.83. The molecule has 35 heavy (non-hydrogen) atoms. The summed E-state index contributed by atoms with van der Waals surface area (Å²) in [6.07, 6.45) is 3.71. The number of aromatic nitrogens is 3. The van der Waals surface area contributed by atoms with Gasteiger partial charge in [-0.25, -0.2) is 22.7 Å². The van der Waals surface area contributed by atoms with Crippen molar-refractivity contribution in [2.75, 3.05) is 24.7 Å². The molecule has 2 aromatic heterocycles. The lowest BCUT2D eigenvalue weighted by molar-refractivity contribution is 0.132. The number of amides is 1. The predicted octanol–water partition coefficient (Wildman–Crippen LogP) is 4.40. The van der Waals surface area contributed by atoms with E-state index in [1.165, 1.54) is 16.7 Å². The minimum Gasteiger partial charge on any atom is -0.465 e. The summed E-state index contributed by atoms with van der Waals surface area (Å²) in [4.78, 5) is 17.3. The van der Waals surface area contributed by atoms with Crippen molar-refractivity contribution in [2.45, 2.75) is 23.7 Å². The van der Waals surface area contributed by atoms with Gasteiger partial charge in [-0.3, -0.25) is 0 Å². The van der Waals surface area contributed by atoms with Crippen LogP contribution in [-0.2, 0) is 9.84 Å². The first-order valence-electron chi connectivity index (χ1n) is 11.3. The van der Waals surface area contributed by atoms with Crippen molar-refractivity contribution < 1.29 is 18.3 Å². The van der Waals surface area contributed by atoms with Crippen LogP contribution in [0.25, 0.3) is 16.8 Å². The van der Waals surface area contributed by atoms with E-state index in [9.17, 15) is 13.2 Å². The standard InChI is InChI=1S/C25H25N5O4S/c1-35(33,34)22-9-4-19(5-10-22)23-11-8-21-16-26-24(28-30(21)23)27-20-6-2-17(3-7-20)18-12-14-29(15-13-18)25(31)32/h2-11,16,18H,12-15H2,1H3,(H,27,28)(H,31,32). The highest BCUT2D eigenvalue weighted by atomic mass is 32.2. The minimum absolute atomic E-state index is 0.273. The van der Waals surface area contributed by atoms with Gasteiger partial charge in [0.1, 0.15) is 0 Å². The maximum atomic E-state index is 11.8. The number of likely N-dealkylation sites (tertiary alicyclic amines) is 1. The zero-order valence-corrected chi connectivity index (χ0v) is 19.9. The molecule has 2 aromatic carbocycles. The SMILES string of the molecule is CS(=O)(=O)c1ccc(-c2ccc3cnc(Nc4ccc(C5CCN(C(=O)O)CC5)cc4)nn23)cc1. The number of anilines is 2. The van der Waals surface area contributed by atoms with Crippen LogP contribution in [0, 0.1) is 0 Å². The number of carboxylic acid groups (broad SMARTS) is 1. The number of piperidine rings is 1. The third-order valence-corrected chi connectivity index (χ3v) is 7.51. The maximum Gasteiger partial charge on any atom is 0.407 e. The summed E-state index contributed by atoms with van der Waals surface area (Å²) >= 11 is 0. The molecule has 0 unspecified atom stereocenters. The molecule has 3 heterocycles. The normalized spacial score (nSPS) is 14.8. The van der Waals surface area contributed by atoms with Gasteiger partial charge in [-0.05, 0) is 60.7 Å². The lowest BCUT2D eigenvalue weighted by Crippen LogP contribution is -2.36. The Labute approximate surface area is 203 Å². The first-order valence-corrected chi connectivity index (χ1v) is 13.2. The van der Waals surface area contributed by atoms with Crippen molar-refractivity contribution in [3.05, 3.63) is 72.4 Å². The average Bonchev–Trinajstić information content (AvgIpc) is 3.27. The number of carbonyl (C=O) groups is 1. The van der Waals surface area contributed by atoms with Gasteiger partial charge >= 0.3 is 6.09 Å². The molecule has 2 N–H and O–H groups in total. The summed E-state index contributed by atoms with van der Waals surface area (Å²) in [5, 5.41) is 17.0. The molecule has 4 aromatic rings. The van der Waals surface area contributed by atoms with E-state index in [4.69, 9.17) is 5.11 Å². The van der Waals surface area contributed by atoms with Crippen LogP contribution in [0.5, 0.6) is 0 Å². The second-order valence-corrected chi connectivity index (χ2v) is 10.7. The number of benzene rings is 2. The quantitative estimate of drug-likeness (QED) is 0.425. The van der Waals surface area contributed by atoms with Crippen LogP contribution in [0.4, 0.5) is 16.4 Å². The second-order valence-electron chi connectivity index (χ2n) is 8.72. The highest BCUT2D eigenvalue weighted by Gasteiger charge is 2.23. The molecule has 0 atom stereocenters. The van der Waals surface area contributed by atoms with E-state index >= 15 is 0 Å². The highest BCUT2D eigenvalue weighted by molar-refractivity contribution is 7.90. The summed E-state index contributed by atoms with van der Waals surface area (Å²) in [6.45, 7) is 1.12. The van der Waals surface area contributed by atoms with Gasteiger partial charge in [0.05, 0.1) is 22.3 Å². The number of sulfone groups is 1. The van der Waals surface area contributed by atoms with Crippen LogP contribution in [0.1, 0.15) is 24.3 Å². The van der Waals surface area contributed by atoms with Crippen LogP contribution in [-0.4, -0.2) is 58.5 Å². The topological polar surface area (TPSA) is 117 Å². The maximum absolute atomic E-state index is 11.8. The van der Waals surface area contributed by atoms with E-state index in [2.05, 4.69) is 27.5 Å². The smallest absolute Gasteiger partial charge is 0.407 e. The Morgan fingerprint density at radius 1 is 1.00 bits per heavy atom. The van der Waals surface area contributed by atoms with Crippen molar-refractivity contribution in [2.24, 2.45) is 0 Å². The monoisotopic (exact) mass is 491 g/mol. The van der Waals surface area contributed by atoms with Crippen molar-refractivity contribution in [1.82, 2.24) is 19.5 Å². The number of nitrogens with one attached hydrogen (secondary N) is 1. The molecule has 0 saturated carbocycles. The third-order valence-electron chi connectivity index (χ3n) is 6.38. The van der Waals surface area contributed by atoms with E-state index in [0.29, 0.717) is 25.0 Å². The first kappa shape index (κ1) is 22.9. The number of hydrogen-bond acceptors (Lipinski definition) is 6. The van der Waals surface area contributed by atoms with Crippen LogP contribution in [0.3, 0.4) is 0 Å². The van der Waals surface area contributed by atoms with E-state index in [1.807, 2.05) is 24.3 Å². The molecular weight excluding hydrogens is 466 g/mol. The Morgan fingerprint density at radius 3 is 2.31 bits per heavy atom. The second kappa shape index (κ2) is 9.03. The lowest BCUT2D eigenvalue weighted by Gasteiger charge is -2.30. The molecule has 9 nitrogen and oxygen atoms in total. The summed E-state index contributed by atoms with van der Waals surface area (Å²) in [7, 11) is -3.26. The van der Waals surface area contributed by atoms with Crippen LogP contribution < -0.4 is 5.32 Å². The Balaban J connectivity index is 1.32. The molecule has 1 aliphatic heterocycles. The van der Waals surface area contributed by atoms with Gasteiger partial charge in [0.2, 0.25) is 5.95 Å². The number of fused-ring (bicyclic) bond motifs is 1. The molecule has 0 radical (unpaired) electrons. The fourth-order valence-corrected chi connectivity index (χ4v) is 5.05. The molecule has 10 heteroatoms. The highest BCUT2D eigenvalue weighted by Crippen LogP contribution is 2.29. The lowest BCUT2D eigenvalue weighted by atomic mass is 9.89. The first-order chi connectivity index (χ1) is 16.8. The van der Waals surface area contributed by atoms with E-state index in [-0.39, 0.29) is 4.90 Å². The van der Waals surface area contributed by atoms with Crippen molar-refractivity contribution in [3.8, 4) is 11.3 Å². The number of rotatable bonds is 5. The fourth-order valence-electron chi connectivity index (χ4n) is 4.42.